The van der Waals surface area contributed by atoms with E-state index in [2.05, 4.69) is 16.0 Å². The zero-order valence-electron chi connectivity index (χ0n) is 43.8. The highest BCUT2D eigenvalue weighted by Crippen LogP contribution is 2.41. The van der Waals surface area contributed by atoms with E-state index in [1.165, 1.54) is 17.1 Å². The average Bonchev–Trinajstić information content (AvgIpc) is 3.97. The number of nitrogens with one attached hydrogen (secondary N) is 3. The molecule has 4 atom stereocenters. The lowest BCUT2D eigenvalue weighted by Gasteiger charge is -2.41. The van der Waals surface area contributed by atoms with Crippen LogP contribution in [-0.4, -0.2) is 180 Å². The number of hydrogen-bond acceptors (Lipinski definition) is 14. The Hall–Kier alpha value is -6.28. The van der Waals surface area contributed by atoms with Crippen molar-refractivity contribution < 1.29 is 76.6 Å². The number of aliphatic hydroxyl groups is 1. The molecule has 0 saturated heterocycles. The van der Waals surface area contributed by atoms with Gasteiger partial charge >= 0.3 is 11.9 Å². The third kappa shape index (κ3) is 22.3. The molecule has 77 heavy (non-hydrogen) atoms. The lowest BCUT2D eigenvalue weighted by Crippen LogP contribution is -2.52. The second kappa shape index (κ2) is 33.1. The summed E-state index contributed by atoms with van der Waals surface area (Å²) in [5.74, 6) is -6.99. The molecule has 24 heteroatoms. The number of carboxylic acid groups (broad SMARTS) is 2. The predicted molar refractivity (Wildman–Crippen MR) is 281 cm³/mol. The quantitative estimate of drug-likeness (QED) is 0.0409. The van der Waals surface area contributed by atoms with Crippen LogP contribution in [-0.2, 0) is 59.1 Å². The van der Waals surface area contributed by atoms with Crippen molar-refractivity contribution in [3.63, 3.8) is 0 Å². The summed E-state index contributed by atoms with van der Waals surface area (Å²) >= 11 is 0.952. The minimum absolute atomic E-state index is 0.0439. The first kappa shape index (κ1) is 63.3. The van der Waals surface area contributed by atoms with Gasteiger partial charge in [-0.05, 0) is 60.7 Å². The Bertz CT molecular complexity index is 2420. The number of carbonyl (C=O) groups is 7. The number of amides is 5. The van der Waals surface area contributed by atoms with Crippen molar-refractivity contribution >= 4 is 53.2 Å². The molecule has 0 radical (unpaired) electrons. The first-order valence-electron chi connectivity index (χ1n) is 25.3. The zero-order valence-corrected chi connectivity index (χ0v) is 44.6. The van der Waals surface area contributed by atoms with Gasteiger partial charge in [0.1, 0.15) is 29.9 Å². The molecular formula is C53H73F2N7O14S. The van der Waals surface area contributed by atoms with E-state index in [1.54, 1.807) is 17.2 Å². The number of benzene rings is 2. The van der Waals surface area contributed by atoms with Gasteiger partial charge in [-0.3, -0.25) is 28.8 Å². The summed E-state index contributed by atoms with van der Waals surface area (Å²) in [5.41, 5.74) is 7.33. The Morgan fingerprint density at radius 1 is 0.831 bits per heavy atom. The van der Waals surface area contributed by atoms with E-state index >= 15 is 4.39 Å². The van der Waals surface area contributed by atoms with Crippen LogP contribution in [0.2, 0.25) is 0 Å². The number of ether oxygens (including phenoxy) is 4. The third-order valence-corrected chi connectivity index (χ3v) is 12.9. The molecule has 0 saturated carbocycles. The Balaban J connectivity index is 1.22. The van der Waals surface area contributed by atoms with Crippen LogP contribution in [0.15, 0.2) is 72.9 Å². The minimum Gasteiger partial charge on any atom is -0.481 e. The molecule has 1 unspecified atom stereocenters. The number of nitrogens with two attached hydrogens (primary N) is 1. The van der Waals surface area contributed by atoms with Crippen LogP contribution in [0.25, 0.3) is 11.1 Å². The van der Waals surface area contributed by atoms with E-state index in [1.807, 2.05) is 55.7 Å². The van der Waals surface area contributed by atoms with Crippen LogP contribution < -0.4 is 21.7 Å². The van der Waals surface area contributed by atoms with Gasteiger partial charge < -0.3 is 70.3 Å². The van der Waals surface area contributed by atoms with Gasteiger partial charge in [0.2, 0.25) is 29.5 Å². The second-order valence-electron chi connectivity index (χ2n) is 19.0. The summed E-state index contributed by atoms with van der Waals surface area (Å²) in [6.07, 6.45) is 2.71. The molecule has 0 fully saturated rings. The summed E-state index contributed by atoms with van der Waals surface area (Å²) in [6, 6.07) is 10.9. The van der Waals surface area contributed by atoms with Gasteiger partial charge in [0.05, 0.1) is 64.6 Å². The number of nitrogens with zero attached hydrogens (tertiary/aromatic N) is 3. The van der Waals surface area contributed by atoms with Gasteiger partial charge in [-0.2, -0.15) is 0 Å². The fourth-order valence-corrected chi connectivity index (χ4v) is 9.03. The van der Waals surface area contributed by atoms with Crippen molar-refractivity contribution in [1.82, 2.24) is 30.3 Å². The smallest absolute Gasteiger partial charge is 0.327 e. The number of halogens is 2. The number of rotatable bonds is 37. The first-order valence-corrected chi connectivity index (χ1v) is 26.5. The number of hydrogen-bond donors (Lipinski definition) is 7. The van der Waals surface area contributed by atoms with Gasteiger partial charge in [-0.15, -0.1) is 11.8 Å². The fourth-order valence-electron chi connectivity index (χ4n) is 8.11. The predicted octanol–water partition coefficient (Wildman–Crippen LogP) is 3.08. The summed E-state index contributed by atoms with van der Waals surface area (Å²) in [6.45, 7) is 8.56. The van der Waals surface area contributed by atoms with E-state index in [0.29, 0.717) is 24.2 Å². The number of carbonyl (C=O) groups excluding carboxylic acids is 5. The van der Waals surface area contributed by atoms with Crippen LogP contribution in [0.5, 0.6) is 0 Å². The van der Waals surface area contributed by atoms with Crippen molar-refractivity contribution in [1.29, 1.82) is 0 Å². The molecule has 2 aromatic carbocycles. The topological polar surface area (TPSA) is 291 Å². The number of aliphatic carboxylic acids is 2. The zero-order chi connectivity index (χ0) is 56.3. The third-order valence-electron chi connectivity index (χ3n) is 11.9. The van der Waals surface area contributed by atoms with E-state index < -0.39 is 71.6 Å². The molecule has 3 aromatic rings. The summed E-state index contributed by atoms with van der Waals surface area (Å²) < 4.78 is 53.4. The molecule has 0 bridgehead atoms. The van der Waals surface area contributed by atoms with Crippen molar-refractivity contribution in [2.45, 2.75) is 83.8 Å². The Morgan fingerprint density at radius 3 is 2.10 bits per heavy atom. The molecule has 1 aliphatic rings. The lowest BCUT2D eigenvalue weighted by atomic mass is 9.83. The largest absolute Gasteiger partial charge is 0.481 e. The molecule has 1 aromatic heterocycles. The van der Waals surface area contributed by atoms with Crippen molar-refractivity contribution in [2.24, 2.45) is 11.1 Å². The van der Waals surface area contributed by atoms with Crippen molar-refractivity contribution in [3.8, 4) is 11.1 Å². The average molecular weight is 1100 g/mol. The fraction of sp³-hybridized carbons (Fsp3) is 0.528. The molecule has 0 spiro atoms. The van der Waals surface area contributed by atoms with Crippen molar-refractivity contribution in [3.05, 3.63) is 95.8 Å². The Labute approximate surface area is 451 Å². The maximum atomic E-state index is 15.2. The molecule has 21 nitrogen and oxygen atoms in total. The highest BCUT2D eigenvalue weighted by atomic mass is 32.2. The number of carboxylic acids is 2. The Morgan fingerprint density at radius 2 is 1.49 bits per heavy atom. The van der Waals surface area contributed by atoms with Crippen LogP contribution in [0.4, 0.5) is 8.78 Å². The van der Waals surface area contributed by atoms with Gasteiger partial charge in [0.15, 0.2) is 0 Å². The highest BCUT2D eigenvalue weighted by molar-refractivity contribution is 8.00. The normalized spacial score (nSPS) is 14.5. The summed E-state index contributed by atoms with van der Waals surface area (Å²) in [5, 5.41) is 36.7. The molecule has 1 aliphatic heterocycles. The molecule has 4 rings (SSSR count). The second-order valence-corrected chi connectivity index (χ2v) is 20.0. The van der Waals surface area contributed by atoms with Crippen LogP contribution in [0.3, 0.4) is 0 Å². The first-order chi connectivity index (χ1) is 36.8. The molecule has 424 valence electrons. The Kier molecular flexibility index (Phi) is 27.2. The standard InChI is InChI=1S/C53H73F2N7O14S/c1-53(2,3)50(43-30-37(39-31-38(54)10-11-40(39)55)33-60(43)32-36-8-5-4-6-9-36)62(20-7-18-56)48(67)35-77-34-42(52(71)72)59-51(70)41(12-15-49(68)69)58-45(64)17-22-73-24-26-75-28-29-76-27-25-74-23-19-57-44(63)16-21-61-46(65)13-14-47(61)66/h4-6,8-11,13-14,30-31,33,41-42,46,50,65H,7,12,15-29,32,34-35,56H2,1-3H3,(H,57,63)(H,58,64)(H,59,70)(H,68,69)(H,71,72)/t41-,42-,46?,50-/m0/s1. The van der Waals surface area contributed by atoms with E-state index in [-0.39, 0.29) is 133 Å². The molecule has 8 N–H and O–H groups in total. The highest BCUT2D eigenvalue weighted by Gasteiger charge is 2.37. The minimum atomic E-state index is -1.54. The number of aliphatic hydroxyl groups excluding tert-OH is 1. The molecular weight excluding hydrogens is 1030 g/mol. The molecule has 0 aliphatic carbocycles. The summed E-state index contributed by atoms with van der Waals surface area (Å²) in [4.78, 5) is 91.1. The maximum absolute atomic E-state index is 15.2. The van der Waals surface area contributed by atoms with Crippen LogP contribution in [0, 0.1) is 17.0 Å². The SMILES string of the molecule is CC(C)(C)[C@H](c1cc(-c2cc(F)ccc2F)cn1Cc1ccccc1)N(CCCN)C(=O)CSC[C@H](NC(=O)[C@H](CCC(=O)O)NC(=O)CCOCCOCCOCCOCCNC(=O)CCN1C(=O)C=CC1O)C(=O)O. The molecule has 2 heterocycles. The monoisotopic (exact) mass is 1100 g/mol. The van der Waals surface area contributed by atoms with E-state index in [0.717, 1.165) is 35.5 Å². The number of aromatic nitrogens is 1. The van der Waals surface area contributed by atoms with Gasteiger partial charge in [0, 0.05) is 80.3 Å². The lowest BCUT2D eigenvalue weighted by molar-refractivity contribution is -0.142. The van der Waals surface area contributed by atoms with Crippen molar-refractivity contribution in [2.75, 3.05) is 90.5 Å². The van der Waals surface area contributed by atoms with E-state index in [4.69, 9.17) is 24.7 Å². The van der Waals surface area contributed by atoms with Gasteiger partial charge in [-0.25, -0.2) is 13.6 Å². The van der Waals surface area contributed by atoms with Gasteiger partial charge in [0.25, 0.3) is 0 Å². The maximum Gasteiger partial charge on any atom is 0.327 e. The molecule has 5 amide bonds. The summed E-state index contributed by atoms with van der Waals surface area (Å²) in [7, 11) is 0. The van der Waals surface area contributed by atoms with Gasteiger partial charge in [-0.1, -0.05) is 51.1 Å². The van der Waals surface area contributed by atoms with Crippen LogP contribution in [0.1, 0.15) is 70.2 Å². The van der Waals surface area contributed by atoms with Crippen LogP contribution >= 0.6 is 11.8 Å². The van der Waals surface area contributed by atoms with E-state index in [9.17, 15) is 53.3 Å². The number of thioether (sulfide) groups is 1.